The van der Waals surface area contributed by atoms with Crippen molar-refractivity contribution in [1.29, 1.82) is 0 Å². The Morgan fingerprint density at radius 1 is 1.21 bits per heavy atom. The molecule has 1 atom stereocenters. The fraction of sp³-hybridized carbons (Fsp3) is 0.292. The third-order valence-corrected chi connectivity index (χ3v) is 5.56. The van der Waals surface area contributed by atoms with Gasteiger partial charge in [-0.3, -0.25) is 9.36 Å². The number of carbonyl (C=O) groups excluding carboxylic acids is 1. The summed E-state index contributed by atoms with van der Waals surface area (Å²) in [4.78, 5) is 29.2. The molecular weight excluding hydrogens is 434 g/mol. The van der Waals surface area contributed by atoms with Crippen LogP contribution in [-0.2, 0) is 16.0 Å². The van der Waals surface area contributed by atoms with Crippen molar-refractivity contribution in [3.05, 3.63) is 69.8 Å². The van der Waals surface area contributed by atoms with Crippen LogP contribution in [0.5, 0.6) is 5.75 Å². The number of alkyl halides is 2. The number of imidazole rings is 1. The van der Waals surface area contributed by atoms with Crippen molar-refractivity contribution < 1.29 is 27.5 Å². The lowest BCUT2D eigenvalue weighted by Crippen LogP contribution is -2.17. The number of halogens is 2. The predicted octanol–water partition coefficient (Wildman–Crippen LogP) is 5.09. The molecule has 1 unspecified atom stereocenters. The summed E-state index contributed by atoms with van der Waals surface area (Å²) in [6.45, 7) is 0.429. The SMILES string of the molecule is COc1ccc2c(C)c(CCC(=O)OC(C)c3nc4ccccc4n3C(F)F)c(=O)oc2c1. The van der Waals surface area contributed by atoms with Gasteiger partial charge in [-0.25, -0.2) is 9.78 Å². The van der Waals surface area contributed by atoms with Crippen molar-refractivity contribution in [2.24, 2.45) is 0 Å². The quantitative estimate of drug-likeness (QED) is 0.285. The Bertz CT molecular complexity index is 1390. The van der Waals surface area contributed by atoms with Crippen molar-refractivity contribution in [2.45, 2.75) is 39.3 Å². The maximum Gasteiger partial charge on any atom is 0.339 e. The van der Waals surface area contributed by atoms with E-state index in [2.05, 4.69) is 4.98 Å². The van der Waals surface area contributed by atoms with Gasteiger partial charge in [-0.15, -0.1) is 0 Å². The predicted molar refractivity (Wildman–Crippen MR) is 118 cm³/mol. The van der Waals surface area contributed by atoms with Crippen LogP contribution >= 0.6 is 0 Å². The molecule has 0 aliphatic heterocycles. The topological polar surface area (TPSA) is 83.6 Å². The Morgan fingerprint density at radius 2 is 1.97 bits per heavy atom. The summed E-state index contributed by atoms with van der Waals surface area (Å²) in [7, 11) is 1.52. The normalized spacial score (nSPS) is 12.4. The van der Waals surface area contributed by atoms with Crippen LogP contribution < -0.4 is 10.4 Å². The number of nitrogens with zero attached hydrogens (tertiary/aromatic N) is 2. The second-order valence-electron chi connectivity index (χ2n) is 7.59. The number of carbonyl (C=O) groups is 1. The second kappa shape index (κ2) is 9.01. The van der Waals surface area contributed by atoms with Gasteiger partial charge in [-0.1, -0.05) is 12.1 Å². The van der Waals surface area contributed by atoms with Gasteiger partial charge < -0.3 is 13.9 Å². The molecule has 33 heavy (non-hydrogen) atoms. The van der Waals surface area contributed by atoms with Gasteiger partial charge in [0, 0.05) is 23.4 Å². The first kappa shape index (κ1) is 22.4. The van der Waals surface area contributed by atoms with Crippen molar-refractivity contribution in [1.82, 2.24) is 9.55 Å². The fourth-order valence-corrected chi connectivity index (χ4v) is 3.88. The van der Waals surface area contributed by atoms with Crippen molar-refractivity contribution in [2.75, 3.05) is 7.11 Å². The van der Waals surface area contributed by atoms with Gasteiger partial charge >= 0.3 is 18.1 Å². The zero-order valence-electron chi connectivity index (χ0n) is 18.3. The first-order chi connectivity index (χ1) is 15.8. The monoisotopic (exact) mass is 456 g/mol. The Balaban J connectivity index is 1.51. The Kier molecular flexibility index (Phi) is 6.13. The molecule has 0 fully saturated rings. The third-order valence-electron chi connectivity index (χ3n) is 5.56. The number of hydrogen-bond acceptors (Lipinski definition) is 6. The minimum atomic E-state index is -2.84. The molecule has 172 valence electrons. The lowest BCUT2D eigenvalue weighted by atomic mass is 10.0. The van der Waals surface area contributed by atoms with Crippen molar-refractivity contribution in [3.63, 3.8) is 0 Å². The molecule has 2 heterocycles. The van der Waals surface area contributed by atoms with Gasteiger partial charge in [0.25, 0.3) is 0 Å². The molecule has 4 rings (SSSR count). The second-order valence-corrected chi connectivity index (χ2v) is 7.59. The number of methoxy groups -OCH3 is 1. The van der Waals surface area contributed by atoms with Gasteiger partial charge in [0.2, 0.25) is 0 Å². The summed E-state index contributed by atoms with van der Waals surface area (Å²) in [6.07, 6.45) is -1.03. The molecular formula is C24H22F2N2O5. The number of para-hydroxylation sites is 2. The number of ether oxygens (including phenoxy) is 2. The van der Waals surface area contributed by atoms with Crippen LogP contribution in [0, 0.1) is 6.92 Å². The zero-order chi connectivity index (χ0) is 23.7. The van der Waals surface area contributed by atoms with E-state index in [0.717, 1.165) is 9.95 Å². The Morgan fingerprint density at radius 3 is 2.70 bits per heavy atom. The van der Waals surface area contributed by atoms with E-state index >= 15 is 0 Å². The van der Waals surface area contributed by atoms with Crippen LogP contribution in [0.1, 0.15) is 42.9 Å². The number of rotatable bonds is 7. The van der Waals surface area contributed by atoms with E-state index in [1.807, 2.05) is 0 Å². The highest BCUT2D eigenvalue weighted by Gasteiger charge is 2.24. The van der Waals surface area contributed by atoms with Gasteiger partial charge in [0.1, 0.15) is 11.3 Å². The maximum absolute atomic E-state index is 13.7. The summed E-state index contributed by atoms with van der Waals surface area (Å²) in [5.74, 6) is -0.121. The number of aryl methyl sites for hydroxylation is 1. The molecule has 0 saturated carbocycles. The van der Waals surface area contributed by atoms with E-state index in [9.17, 15) is 18.4 Å². The van der Waals surface area contributed by atoms with E-state index in [1.54, 1.807) is 43.3 Å². The smallest absolute Gasteiger partial charge is 0.339 e. The summed E-state index contributed by atoms with van der Waals surface area (Å²) in [5, 5.41) is 0.734. The average molecular weight is 456 g/mol. The highest BCUT2D eigenvalue weighted by molar-refractivity contribution is 5.82. The minimum absolute atomic E-state index is 0.0464. The number of esters is 1. The molecule has 9 heteroatoms. The van der Waals surface area contributed by atoms with Crippen LogP contribution in [0.3, 0.4) is 0 Å². The average Bonchev–Trinajstić information content (AvgIpc) is 3.18. The molecule has 2 aromatic heterocycles. The lowest BCUT2D eigenvalue weighted by molar-refractivity contribution is -0.149. The molecule has 0 saturated heterocycles. The minimum Gasteiger partial charge on any atom is -0.497 e. The summed E-state index contributed by atoms with van der Waals surface area (Å²) >= 11 is 0. The molecule has 0 N–H and O–H groups in total. The zero-order valence-corrected chi connectivity index (χ0v) is 18.3. The van der Waals surface area contributed by atoms with Crippen molar-refractivity contribution in [3.8, 4) is 5.75 Å². The van der Waals surface area contributed by atoms with Gasteiger partial charge in [-0.2, -0.15) is 8.78 Å². The molecule has 0 bridgehead atoms. The Hall–Kier alpha value is -3.75. The van der Waals surface area contributed by atoms with E-state index in [4.69, 9.17) is 13.9 Å². The van der Waals surface area contributed by atoms with E-state index in [1.165, 1.54) is 20.1 Å². The first-order valence-corrected chi connectivity index (χ1v) is 10.3. The largest absolute Gasteiger partial charge is 0.497 e. The number of benzene rings is 2. The molecule has 7 nitrogen and oxygen atoms in total. The fourth-order valence-electron chi connectivity index (χ4n) is 3.88. The van der Waals surface area contributed by atoms with Crippen LogP contribution in [0.25, 0.3) is 22.0 Å². The van der Waals surface area contributed by atoms with Gasteiger partial charge in [-0.05, 0) is 50.1 Å². The highest BCUT2D eigenvalue weighted by Crippen LogP contribution is 2.29. The molecule has 0 spiro atoms. The molecule has 2 aromatic carbocycles. The Labute approximate surface area is 187 Å². The van der Waals surface area contributed by atoms with E-state index in [-0.39, 0.29) is 24.2 Å². The standard InChI is InChI=1S/C24H22F2N2O5/c1-13-16-9-8-15(31-3)12-20(16)33-23(30)17(13)10-11-21(29)32-14(2)22-27-18-6-4-5-7-19(18)28(22)24(25)26/h4-9,12,14,24H,10-11H2,1-3H3. The van der Waals surface area contributed by atoms with Crippen LogP contribution in [-0.4, -0.2) is 22.6 Å². The van der Waals surface area contributed by atoms with Crippen LogP contribution in [0.4, 0.5) is 8.78 Å². The summed E-state index contributed by atoms with van der Waals surface area (Å²) < 4.78 is 44.0. The van der Waals surface area contributed by atoms with E-state index in [0.29, 0.717) is 28.0 Å². The number of fused-ring (bicyclic) bond motifs is 2. The summed E-state index contributed by atoms with van der Waals surface area (Å²) in [6, 6.07) is 11.6. The number of aromatic nitrogens is 2. The first-order valence-electron chi connectivity index (χ1n) is 10.3. The van der Waals surface area contributed by atoms with Gasteiger partial charge in [0.05, 0.1) is 18.1 Å². The number of hydrogen-bond donors (Lipinski definition) is 0. The molecule has 0 amide bonds. The summed E-state index contributed by atoms with van der Waals surface area (Å²) in [5.41, 5.74) is 1.54. The molecule has 0 radical (unpaired) electrons. The van der Waals surface area contributed by atoms with Gasteiger partial charge in [0.15, 0.2) is 11.9 Å². The van der Waals surface area contributed by atoms with Crippen LogP contribution in [0.2, 0.25) is 0 Å². The third kappa shape index (κ3) is 4.30. The molecule has 0 aliphatic carbocycles. The van der Waals surface area contributed by atoms with E-state index < -0.39 is 24.2 Å². The van der Waals surface area contributed by atoms with Crippen LogP contribution in [0.15, 0.2) is 51.7 Å². The lowest BCUT2D eigenvalue weighted by Gasteiger charge is -2.15. The maximum atomic E-state index is 13.7. The highest BCUT2D eigenvalue weighted by atomic mass is 19.3. The van der Waals surface area contributed by atoms with Crippen molar-refractivity contribution >= 4 is 28.0 Å². The molecule has 0 aliphatic rings. The molecule has 4 aromatic rings.